The third kappa shape index (κ3) is 4.41. The standard InChI is InChI=1S/C18H25N3O2/c1-12(2)9-10-19-18(23)15-7-8-17(22)21(20-15)16-11-13(3)5-6-14(16)4/h5-6,11-12H,7-10H2,1-4H3,(H,19,23). The van der Waals surface area contributed by atoms with Gasteiger partial charge < -0.3 is 5.32 Å². The van der Waals surface area contributed by atoms with Crippen LogP contribution in [0.2, 0.25) is 0 Å². The largest absolute Gasteiger partial charge is 0.351 e. The number of benzene rings is 1. The summed E-state index contributed by atoms with van der Waals surface area (Å²) in [4.78, 5) is 24.5. The van der Waals surface area contributed by atoms with Crippen molar-refractivity contribution in [3.8, 4) is 0 Å². The minimum absolute atomic E-state index is 0.0718. The highest BCUT2D eigenvalue weighted by Gasteiger charge is 2.26. The molecule has 1 aromatic carbocycles. The first kappa shape index (κ1) is 17.2. The molecule has 23 heavy (non-hydrogen) atoms. The van der Waals surface area contributed by atoms with Crippen LogP contribution in [0.4, 0.5) is 5.69 Å². The maximum atomic E-state index is 12.2. The molecule has 5 heteroatoms. The molecule has 0 fully saturated rings. The number of nitrogens with zero attached hydrogens (tertiary/aromatic N) is 2. The van der Waals surface area contributed by atoms with E-state index in [0.717, 1.165) is 23.2 Å². The summed E-state index contributed by atoms with van der Waals surface area (Å²) in [7, 11) is 0. The molecule has 0 aliphatic carbocycles. The number of aryl methyl sites for hydroxylation is 2. The number of hydrazone groups is 1. The Morgan fingerprint density at radius 3 is 2.74 bits per heavy atom. The van der Waals surface area contributed by atoms with E-state index in [0.29, 0.717) is 31.0 Å². The molecule has 0 saturated carbocycles. The van der Waals surface area contributed by atoms with Crippen molar-refractivity contribution in [2.24, 2.45) is 11.0 Å². The van der Waals surface area contributed by atoms with Crippen LogP contribution in [-0.4, -0.2) is 24.1 Å². The molecule has 0 bridgehead atoms. The Bertz CT molecular complexity index is 635. The Hall–Kier alpha value is -2.17. The highest BCUT2D eigenvalue weighted by atomic mass is 16.2. The maximum absolute atomic E-state index is 12.2. The van der Waals surface area contributed by atoms with Crippen LogP contribution < -0.4 is 10.3 Å². The second-order valence-corrected chi connectivity index (χ2v) is 6.48. The Labute approximate surface area is 137 Å². The molecule has 2 rings (SSSR count). The summed E-state index contributed by atoms with van der Waals surface area (Å²) in [6.07, 6.45) is 1.64. The van der Waals surface area contributed by atoms with Gasteiger partial charge in [-0.25, -0.2) is 5.01 Å². The quantitative estimate of drug-likeness (QED) is 0.908. The molecule has 1 heterocycles. The van der Waals surface area contributed by atoms with Crippen LogP contribution in [0.15, 0.2) is 23.3 Å². The van der Waals surface area contributed by atoms with E-state index in [-0.39, 0.29) is 11.8 Å². The first-order valence-corrected chi connectivity index (χ1v) is 8.14. The van der Waals surface area contributed by atoms with Gasteiger partial charge in [0.1, 0.15) is 5.71 Å². The molecule has 2 amide bonds. The Morgan fingerprint density at radius 2 is 2.04 bits per heavy atom. The van der Waals surface area contributed by atoms with Gasteiger partial charge in [0.15, 0.2) is 0 Å². The third-order valence-electron chi connectivity index (χ3n) is 3.89. The van der Waals surface area contributed by atoms with E-state index in [1.807, 2.05) is 32.0 Å². The van der Waals surface area contributed by atoms with E-state index < -0.39 is 0 Å². The van der Waals surface area contributed by atoms with Crippen LogP contribution >= 0.6 is 0 Å². The number of carbonyl (C=O) groups excluding carboxylic acids is 2. The van der Waals surface area contributed by atoms with Crippen LogP contribution in [-0.2, 0) is 9.59 Å². The lowest BCUT2D eigenvalue weighted by Crippen LogP contribution is -2.39. The van der Waals surface area contributed by atoms with Gasteiger partial charge in [-0.15, -0.1) is 0 Å². The molecule has 1 aliphatic heterocycles. The number of hydrogen-bond acceptors (Lipinski definition) is 3. The van der Waals surface area contributed by atoms with Gasteiger partial charge in [-0.2, -0.15) is 5.10 Å². The van der Waals surface area contributed by atoms with Crippen molar-refractivity contribution in [1.29, 1.82) is 0 Å². The van der Waals surface area contributed by atoms with Crippen molar-refractivity contribution in [2.75, 3.05) is 11.6 Å². The monoisotopic (exact) mass is 315 g/mol. The summed E-state index contributed by atoms with van der Waals surface area (Å²) < 4.78 is 0. The van der Waals surface area contributed by atoms with Crippen molar-refractivity contribution in [2.45, 2.75) is 47.0 Å². The lowest BCUT2D eigenvalue weighted by atomic mass is 10.1. The fraction of sp³-hybridized carbons (Fsp3) is 0.500. The van der Waals surface area contributed by atoms with Gasteiger partial charge in [0.25, 0.3) is 5.91 Å². The number of anilines is 1. The maximum Gasteiger partial charge on any atom is 0.267 e. The molecule has 5 nitrogen and oxygen atoms in total. The van der Waals surface area contributed by atoms with Crippen molar-refractivity contribution >= 4 is 23.2 Å². The molecule has 1 aromatic rings. The lowest BCUT2D eigenvalue weighted by Gasteiger charge is -2.24. The summed E-state index contributed by atoms with van der Waals surface area (Å²) in [5.41, 5.74) is 3.20. The molecule has 0 radical (unpaired) electrons. The summed E-state index contributed by atoms with van der Waals surface area (Å²) in [5.74, 6) is 0.294. The van der Waals surface area contributed by atoms with Crippen molar-refractivity contribution in [1.82, 2.24) is 5.32 Å². The minimum atomic E-state index is -0.173. The van der Waals surface area contributed by atoms with E-state index >= 15 is 0 Å². The number of hydrogen-bond donors (Lipinski definition) is 1. The van der Waals surface area contributed by atoms with Crippen LogP contribution in [0.3, 0.4) is 0 Å². The van der Waals surface area contributed by atoms with Gasteiger partial charge in [0, 0.05) is 19.4 Å². The van der Waals surface area contributed by atoms with E-state index in [1.165, 1.54) is 5.01 Å². The fourth-order valence-electron chi connectivity index (χ4n) is 2.43. The van der Waals surface area contributed by atoms with Crippen LogP contribution in [0, 0.1) is 19.8 Å². The van der Waals surface area contributed by atoms with Crippen molar-refractivity contribution < 1.29 is 9.59 Å². The van der Waals surface area contributed by atoms with Gasteiger partial charge in [-0.3, -0.25) is 9.59 Å². The number of carbonyl (C=O) groups is 2. The summed E-state index contributed by atoms with van der Waals surface area (Å²) in [5, 5.41) is 8.59. The number of rotatable bonds is 5. The van der Waals surface area contributed by atoms with Gasteiger partial charge >= 0.3 is 0 Å². The van der Waals surface area contributed by atoms with Crippen LogP contribution in [0.1, 0.15) is 44.2 Å². The van der Waals surface area contributed by atoms with Crippen LogP contribution in [0.25, 0.3) is 0 Å². The fourth-order valence-corrected chi connectivity index (χ4v) is 2.43. The van der Waals surface area contributed by atoms with E-state index in [2.05, 4.69) is 24.3 Å². The molecular weight excluding hydrogens is 290 g/mol. The highest BCUT2D eigenvalue weighted by Crippen LogP contribution is 2.25. The topological polar surface area (TPSA) is 61.8 Å². The average Bonchev–Trinajstić information content (AvgIpc) is 2.50. The minimum Gasteiger partial charge on any atom is -0.351 e. The second-order valence-electron chi connectivity index (χ2n) is 6.48. The molecular formula is C18H25N3O2. The Balaban J connectivity index is 2.18. The van der Waals surface area contributed by atoms with Crippen LogP contribution in [0.5, 0.6) is 0 Å². The molecule has 0 saturated heterocycles. The zero-order chi connectivity index (χ0) is 17.0. The van der Waals surface area contributed by atoms with E-state index in [9.17, 15) is 9.59 Å². The summed E-state index contributed by atoms with van der Waals surface area (Å²) in [6, 6.07) is 5.89. The smallest absolute Gasteiger partial charge is 0.267 e. The third-order valence-corrected chi connectivity index (χ3v) is 3.89. The zero-order valence-electron chi connectivity index (χ0n) is 14.3. The molecule has 0 spiro atoms. The molecule has 0 aromatic heterocycles. The molecule has 0 atom stereocenters. The second kappa shape index (κ2) is 7.40. The lowest BCUT2D eigenvalue weighted by molar-refractivity contribution is -0.118. The highest BCUT2D eigenvalue weighted by molar-refractivity contribution is 6.40. The molecule has 0 unspecified atom stereocenters. The van der Waals surface area contributed by atoms with E-state index in [4.69, 9.17) is 0 Å². The molecule has 1 N–H and O–H groups in total. The van der Waals surface area contributed by atoms with Gasteiger partial charge in [0.2, 0.25) is 5.91 Å². The summed E-state index contributed by atoms with van der Waals surface area (Å²) in [6.45, 7) is 8.78. The van der Waals surface area contributed by atoms with Gasteiger partial charge in [0.05, 0.1) is 5.69 Å². The van der Waals surface area contributed by atoms with Gasteiger partial charge in [-0.1, -0.05) is 26.0 Å². The zero-order valence-corrected chi connectivity index (χ0v) is 14.3. The SMILES string of the molecule is Cc1ccc(C)c(N2N=C(C(=O)NCCC(C)C)CCC2=O)c1. The molecule has 124 valence electrons. The first-order chi connectivity index (χ1) is 10.9. The predicted molar refractivity (Wildman–Crippen MR) is 92.5 cm³/mol. The van der Waals surface area contributed by atoms with E-state index in [1.54, 1.807) is 0 Å². The average molecular weight is 315 g/mol. The first-order valence-electron chi connectivity index (χ1n) is 8.14. The normalized spacial score (nSPS) is 14.9. The van der Waals surface area contributed by atoms with Gasteiger partial charge in [-0.05, 0) is 43.4 Å². The predicted octanol–water partition coefficient (Wildman–Crippen LogP) is 2.95. The summed E-state index contributed by atoms with van der Waals surface area (Å²) >= 11 is 0. The van der Waals surface area contributed by atoms with Crippen molar-refractivity contribution in [3.63, 3.8) is 0 Å². The Kier molecular flexibility index (Phi) is 5.53. The Morgan fingerprint density at radius 1 is 1.30 bits per heavy atom. The van der Waals surface area contributed by atoms with Crippen molar-refractivity contribution in [3.05, 3.63) is 29.3 Å². The number of amides is 2. The number of nitrogens with one attached hydrogen (secondary N) is 1. The molecule has 1 aliphatic rings.